The maximum absolute atomic E-state index is 14.8. The minimum Gasteiger partial charge on any atom is -0.346 e. The average molecular weight is 637 g/mol. The molecule has 2 atom stereocenters. The fourth-order valence-electron chi connectivity index (χ4n) is 3.80. The van der Waals surface area contributed by atoms with E-state index in [9.17, 15) is 22.4 Å². The molecule has 0 aliphatic carbocycles. The first kappa shape index (κ1) is 29.5. The summed E-state index contributed by atoms with van der Waals surface area (Å²) in [4.78, 5) is 24.0. The number of ketones is 1. The second-order valence-corrected chi connectivity index (χ2v) is 12.3. The molecule has 0 aromatic heterocycles. The third-order valence-electron chi connectivity index (χ3n) is 5.61. The van der Waals surface area contributed by atoms with Crippen molar-refractivity contribution in [1.82, 2.24) is 5.32 Å². The fourth-order valence-corrected chi connectivity index (χ4v) is 6.09. The van der Waals surface area contributed by atoms with Crippen LogP contribution in [0.4, 0.5) is 10.1 Å². The van der Waals surface area contributed by atoms with Crippen molar-refractivity contribution >= 4 is 61.6 Å². The zero-order valence-electron chi connectivity index (χ0n) is 20.2. The summed E-state index contributed by atoms with van der Waals surface area (Å²) in [7, 11) is -4.08. The smallest absolute Gasteiger partial charge is 0.264 e. The molecule has 35 heavy (non-hydrogen) atoms. The quantitative estimate of drug-likeness (QED) is 0.230. The number of amides is 1. The largest absolute Gasteiger partial charge is 0.346 e. The van der Waals surface area contributed by atoms with Gasteiger partial charge in [0, 0.05) is 21.1 Å². The Bertz CT molecular complexity index is 1140. The van der Waals surface area contributed by atoms with Crippen LogP contribution in [0.2, 0.25) is 5.02 Å². The molecule has 2 rings (SSSR count). The number of anilines is 1. The molecule has 192 valence electrons. The Hall–Kier alpha value is -1.72. The number of hydrogen-bond donors (Lipinski definition) is 1. The van der Waals surface area contributed by atoms with Gasteiger partial charge in [-0.15, -0.1) is 0 Å². The molecule has 6 nitrogen and oxygen atoms in total. The van der Waals surface area contributed by atoms with Crippen molar-refractivity contribution < 1.29 is 22.4 Å². The van der Waals surface area contributed by atoms with Gasteiger partial charge in [0.1, 0.15) is 5.82 Å². The van der Waals surface area contributed by atoms with Crippen LogP contribution in [-0.2, 0) is 19.6 Å². The number of carbonyl (C=O) groups excluding carboxylic acids is 2. The molecular formula is C25H31ClFIN2O4S. The van der Waals surface area contributed by atoms with E-state index in [1.807, 2.05) is 36.4 Å². The lowest BCUT2D eigenvalue weighted by Gasteiger charge is -2.31. The number of halogens is 3. The van der Waals surface area contributed by atoms with E-state index in [-0.39, 0.29) is 34.6 Å². The predicted octanol–water partition coefficient (Wildman–Crippen LogP) is 5.96. The van der Waals surface area contributed by atoms with Gasteiger partial charge in [0.05, 0.1) is 16.6 Å². The first-order chi connectivity index (χ1) is 16.3. The Morgan fingerprint density at radius 2 is 1.71 bits per heavy atom. The molecule has 0 bridgehead atoms. The third kappa shape index (κ3) is 8.15. The Labute approximate surface area is 225 Å². The first-order valence-corrected chi connectivity index (χ1v) is 14.3. The molecule has 0 saturated heterocycles. The molecule has 0 radical (unpaired) electrons. The van der Waals surface area contributed by atoms with Crippen molar-refractivity contribution in [3.63, 3.8) is 0 Å². The highest BCUT2D eigenvalue weighted by atomic mass is 127. The summed E-state index contributed by atoms with van der Waals surface area (Å²) >= 11 is 7.93. The molecule has 0 fully saturated rings. The van der Waals surface area contributed by atoms with Crippen molar-refractivity contribution in [2.75, 3.05) is 4.31 Å². The minimum atomic E-state index is -4.08. The summed E-state index contributed by atoms with van der Waals surface area (Å²) in [5.41, 5.74) is -0.0293. The summed E-state index contributed by atoms with van der Waals surface area (Å²) in [6, 6.07) is 8.97. The van der Waals surface area contributed by atoms with Crippen molar-refractivity contribution in [2.24, 2.45) is 5.92 Å². The maximum Gasteiger partial charge on any atom is 0.264 e. The maximum atomic E-state index is 14.8. The number of nitrogens with zero attached hydrogens (tertiary/aromatic N) is 1. The summed E-state index contributed by atoms with van der Waals surface area (Å²) in [5.74, 6) is -0.963. The molecule has 2 aromatic rings. The van der Waals surface area contributed by atoms with Crippen LogP contribution in [0, 0.1) is 15.3 Å². The first-order valence-electron chi connectivity index (χ1n) is 11.4. The van der Waals surface area contributed by atoms with Crippen LogP contribution in [0.15, 0.2) is 47.4 Å². The Morgan fingerprint density at radius 1 is 1.09 bits per heavy atom. The third-order valence-corrected chi connectivity index (χ3v) is 8.48. The number of benzene rings is 2. The van der Waals surface area contributed by atoms with Gasteiger partial charge in [-0.2, -0.15) is 0 Å². The molecule has 0 heterocycles. The van der Waals surface area contributed by atoms with Gasteiger partial charge in [0.2, 0.25) is 5.91 Å². The van der Waals surface area contributed by atoms with Crippen LogP contribution in [-0.4, -0.2) is 32.2 Å². The van der Waals surface area contributed by atoms with E-state index in [0.717, 1.165) is 4.31 Å². The van der Waals surface area contributed by atoms with E-state index in [4.69, 9.17) is 11.6 Å². The lowest BCUT2D eigenvalue weighted by Crippen LogP contribution is -2.43. The van der Waals surface area contributed by atoms with Crippen LogP contribution >= 0.6 is 34.2 Å². The highest BCUT2D eigenvalue weighted by molar-refractivity contribution is 14.1. The van der Waals surface area contributed by atoms with Crippen molar-refractivity contribution in [1.29, 1.82) is 0 Å². The van der Waals surface area contributed by atoms with Crippen LogP contribution in [0.5, 0.6) is 0 Å². The minimum absolute atomic E-state index is 0.00771. The molecule has 0 spiro atoms. The van der Waals surface area contributed by atoms with E-state index in [1.54, 1.807) is 13.0 Å². The van der Waals surface area contributed by atoms with Gasteiger partial charge in [0.25, 0.3) is 10.0 Å². The topological polar surface area (TPSA) is 83.6 Å². The SMILES string of the molecule is CC(=O)[C@@H](NC(=O)CCCC[C@@H](C)N(c1cc(I)ccc1F)S(=O)(=O)c1ccc(Cl)cc1)C(C)C. The number of carbonyl (C=O) groups is 2. The number of rotatable bonds is 12. The van der Waals surface area contributed by atoms with Crippen LogP contribution in [0.25, 0.3) is 0 Å². The lowest BCUT2D eigenvalue weighted by atomic mass is 10.0. The Morgan fingerprint density at radius 3 is 2.29 bits per heavy atom. The van der Waals surface area contributed by atoms with Crippen LogP contribution < -0.4 is 9.62 Å². The van der Waals surface area contributed by atoms with Crippen molar-refractivity contribution in [2.45, 2.75) is 70.4 Å². The number of hydrogen-bond acceptors (Lipinski definition) is 4. The fraction of sp³-hybridized carbons (Fsp3) is 0.440. The van der Waals surface area contributed by atoms with Gasteiger partial charge in [-0.1, -0.05) is 31.9 Å². The number of sulfonamides is 1. The van der Waals surface area contributed by atoms with Crippen molar-refractivity contribution in [3.8, 4) is 0 Å². The molecule has 10 heteroatoms. The van der Waals surface area contributed by atoms with E-state index >= 15 is 0 Å². The van der Waals surface area contributed by atoms with Gasteiger partial charge >= 0.3 is 0 Å². The van der Waals surface area contributed by atoms with Gasteiger partial charge in [0.15, 0.2) is 5.78 Å². The molecule has 0 aliphatic heterocycles. The standard InChI is InChI=1S/C25H31ClFIN2O4S/c1-16(2)25(18(4)31)29-24(32)8-6-5-7-17(3)30(23-15-20(28)11-14-22(23)27)35(33,34)21-12-9-19(26)10-13-21/h9-17,25H,5-8H2,1-4H3,(H,29,32)/t17-,25+/m1/s1. The van der Waals surface area contributed by atoms with Gasteiger partial charge in [-0.3, -0.25) is 13.9 Å². The van der Waals surface area contributed by atoms with Gasteiger partial charge in [-0.25, -0.2) is 12.8 Å². The number of nitrogens with one attached hydrogen (secondary N) is 1. The average Bonchev–Trinajstić information content (AvgIpc) is 2.77. The lowest BCUT2D eigenvalue weighted by molar-refractivity contribution is -0.127. The second kappa shape index (κ2) is 13.0. The molecule has 0 unspecified atom stereocenters. The molecule has 0 saturated carbocycles. The zero-order valence-corrected chi connectivity index (χ0v) is 24.0. The van der Waals surface area contributed by atoms with Crippen LogP contribution in [0.3, 0.4) is 0 Å². The predicted molar refractivity (Wildman–Crippen MR) is 146 cm³/mol. The number of unbranched alkanes of at least 4 members (excludes halogenated alkanes) is 1. The highest BCUT2D eigenvalue weighted by Gasteiger charge is 2.31. The molecular weight excluding hydrogens is 606 g/mol. The molecule has 1 amide bonds. The summed E-state index contributed by atoms with van der Waals surface area (Å²) in [6.45, 7) is 6.91. The van der Waals surface area contributed by atoms with Gasteiger partial charge in [-0.05, 0) is 97.7 Å². The second-order valence-electron chi connectivity index (χ2n) is 8.85. The zero-order chi connectivity index (χ0) is 26.3. The Kier molecular flexibility index (Phi) is 11.0. The molecule has 2 aromatic carbocycles. The van der Waals surface area contributed by atoms with E-state index in [1.165, 1.54) is 43.3 Å². The van der Waals surface area contributed by atoms with E-state index in [0.29, 0.717) is 27.9 Å². The highest BCUT2D eigenvalue weighted by Crippen LogP contribution is 2.32. The van der Waals surface area contributed by atoms with E-state index in [2.05, 4.69) is 5.32 Å². The monoisotopic (exact) mass is 636 g/mol. The van der Waals surface area contributed by atoms with E-state index < -0.39 is 27.9 Å². The molecule has 1 N–H and O–H groups in total. The number of Topliss-reactive ketones (excluding diaryl/α,β-unsaturated/α-hetero) is 1. The van der Waals surface area contributed by atoms with Crippen LogP contribution in [0.1, 0.15) is 53.4 Å². The van der Waals surface area contributed by atoms with Gasteiger partial charge < -0.3 is 5.32 Å². The summed E-state index contributed by atoms with van der Waals surface area (Å²) in [5, 5.41) is 3.16. The normalized spacial score (nSPS) is 13.4. The summed E-state index contributed by atoms with van der Waals surface area (Å²) < 4.78 is 43.7. The molecule has 0 aliphatic rings. The Balaban J connectivity index is 2.17. The van der Waals surface area contributed by atoms with Crippen molar-refractivity contribution in [3.05, 3.63) is 56.9 Å². The summed E-state index contributed by atoms with van der Waals surface area (Å²) in [6.07, 6.45) is 1.66.